The summed E-state index contributed by atoms with van der Waals surface area (Å²) in [7, 11) is 0. The minimum absolute atomic E-state index is 0.120. The predicted molar refractivity (Wildman–Crippen MR) is 118 cm³/mol. The molecule has 1 unspecified atom stereocenters. The van der Waals surface area contributed by atoms with Crippen LogP contribution >= 0.6 is 0 Å². The van der Waals surface area contributed by atoms with Crippen LogP contribution in [0.4, 0.5) is 22.1 Å². The molecule has 1 aliphatic heterocycles. The summed E-state index contributed by atoms with van der Waals surface area (Å²) in [6, 6.07) is 16.9. The molecule has 1 fully saturated rings. The summed E-state index contributed by atoms with van der Waals surface area (Å²) in [6.45, 7) is 2.90. The molecule has 0 saturated carbocycles. The van der Waals surface area contributed by atoms with Gasteiger partial charge >= 0.3 is 0 Å². The third-order valence-electron chi connectivity index (χ3n) is 5.47. The zero-order chi connectivity index (χ0) is 21.2. The Morgan fingerprint density at radius 2 is 1.97 bits per heavy atom. The van der Waals surface area contributed by atoms with E-state index in [1.54, 1.807) is 0 Å². The number of aryl methyl sites for hydroxylation is 1. The first-order valence-electron chi connectivity index (χ1n) is 10.3. The summed E-state index contributed by atoms with van der Waals surface area (Å²) in [5, 5.41) is 10.5. The SMILES string of the molecule is Cc1cccc(-c2cc(Nc3ncnc(N4CCCC4c4ccc(F)cc4)n3)n[nH]2)c1. The summed E-state index contributed by atoms with van der Waals surface area (Å²) >= 11 is 0. The Bertz CT molecular complexity index is 1190. The van der Waals surface area contributed by atoms with Gasteiger partial charge in [0.2, 0.25) is 11.9 Å². The van der Waals surface area contributed by atoms with Crippen molar-refractivity contribution in [2.45, 2.75) is 25.8 Å². The zero-order valence-electron chi connectivity index (χ0n) is 17.1. The van der Waals surface area contributed by atoms with Crippen LogP contribution in [0.25, 0.3) is 11.3 Å². The number of anilines is 3. The van der Waals surface area contributed by atoms with E-state index < -0.39 is 0 Å². The summed E-state index contributed by atoms with van der Waals surface area (Å²) < 4.78 is 13.3. The molecule has 0 aliphatic carbocycles. The maximum Gasteiger partial charge on any atom is 0.233 e. The number of hydrogen-bond donors (Lipinski definition) is 2. The van der Waals surface area contributed by atoms with Crippen molar-refractivity contribution in [3.63, 3.8) is 0 Å². The average molecular weight is 415 g/mol. The number of nitrogens with one attached hydrogen (secondary N) is 2. The van der Waals surface area contributed by atoms with Crippen LogP contribution in [0.3, 0.4) is 0 Å². The molecule has 2 N–H and O–H groups in total. The summed E-state index contributed by atoms with van der Waals surface area (Å²) in [5.41, 5.74) is 4.22. The van der Waals surface area contributed by atoms with Gasteiger partial charge in [0.25, 0.3) is 0 Å². The normalized spacial score (nSPS) is 15.9. The largest absolute Gasteiger partial charge is 0.334 e. The van der Waals surface area contributed by atoms with E-state index in [2.05, 4.69) is 54.4 Å². The highest BCUT2D eigenvalue weighted by Gasteiger charge is 2.28. The maximum absolute atomic E-state index is 13.3. The van der Waals surface area contributed by atoms with Crippen molar-refractivity contribution in [3.8, 4) is 11.3 Å². The molecule has 1 atom stereocenters. The van der Waals surface area contributed by atoms with Gasteiger partial charge in [0.05, 0.1) is 11.7 Å². The Labute approximate surface area is 179 Å². The number of halogens is 1. The molecule has 0 radical (unpaired) electrons. The number of benzene rings is 2. The highest BCUT2D eigenvalue weighted by atomic mass is 19.1. The van der Waals surface area contributed by atoms with Crippen LogP contribution in [0.2, 0.25) is 0 Å². The van der Waals surface area contributed by atoms with Crippen molar-refractivity contribution in [1.82, 2.24) is 25.1 Å². The van der Waals surface area contributed by atoms with Crippen LogP contribution in [0.5, 0.6) is 0 Å². The molecule has 0 spiro atoms. The third kappa shape index (κ3) is 4.09. The van der Waals surface area contributed by atoms with Crippen molar-refractivity contribution >= 4 is 17.7 Å². The minimum Gasteiger partial charge on any atom is -0.334 e. The van der Waals surface area contributed by atoms with Gasteiger partial charge in [0.15, 0.2) is 5.82 Å². The second-order valence-corrected chi connectivity index (χ2v) is 7.67. The van der Waals surface area contributed by atoms with E-state index in [1.807, 2.05) is 30.3 Å². The second kappa shape index (κ2) is 8.14. The Hall–Kier alpha value is -3.81. The molecule has 5 rings (SSSR count). The first kappa shape index (κ1) is 19.2. The Balaban J connectivity index is 1.35. The molecular formula is C23H22FN7. The molecule has 4 aromatic rings. The lowest BCUT2D eigenvalue weighted by molar-refractivity contribution is 0.624. The quantitative estimate of drug-likeness (QED) is 0.487. The first-order chi connectivity index (χ1) is 15.2. The molecule has 31 heavy (non-hydrogen) atoms. The topological polar surface area (TPSA) is 82.6 Å². The Morgan fingerprint density at radius 3 is 2.81 bits per heavy atom. The van der Waals surface area contributed by atoms with Crippen molar-refractivity contribution in [2.75, 3.05) is 16.8 Å². The van der Waals surface area contributed by atoms with Crippen LogP contribution in [-0.4, -0.2) is 31.7 Å². The lowest BCUT2D eigenvalue weighted by Crippen LogP contribution is -2.25. The zero-order valence-corrected chi connectivity index (χ0v) is 17.1. The lowest BCUT2D eigenvalue weighted by atomic mass is 10.0. The Kier molecular flexibility index (Phi) is 5.03. The van der Waals surface area contributed by atoms with Crippen molar-refractivity contribution in [2.24, 2.45) is 0 Å². The van der Waals surface area contributed by atoms with E-state index in [1.165, 1.54) is 24.0 Å². The molecule has 0 bridgehead atoms. The lowest BCUT2D eigenvalue weighted by Gasteiger charge is -2.25. The number of H-pyrrole nitrogens is 1. The van der Waals surface area contributed by atoms with Crippen LogP contribution in [-0.2, 0) is 0 Å². The molecule has 2 aromatic carbocycles. The van der Waals surface area contributed by atoms with Gasteiger partial charge in [-0.15, -0.1) is 0 Å². The highest BCUT2D eigenvalue weighted by Crippen LogP contribution is 2.34. The van der Waals surface area contributed by atoms with Crippen molar-refractivity contribution < 1.29 is 4.39 Å². The molecule has 2 aromatic heterocycles. The van der Waals surface area contributed by atoms with Crippen LogP contribution < -0.4 is 10.2 Å². The fraction of sp³-hybridized carbons (Fsp3) is 0.217. The fourth-order valence-electron chi connectivity index (χ4n) is 3.98. The minimum atomic E-state index is -0.232. The molecule has 1 aliphatic rings. The van der Waals surface area contributed by atoms with Gasteiger partial charge in [-0.25, -0.2) is 14.4 Å². The number of rotatable bonds is 5. The van der Waals surface area contributed by atoms with Gasteiger partial charge in [-0.3, -0.25) is 5.10 Å². The van der Waals surface area contributed by atoms with Gasteiger partial charge < -0.3 is 10.2 Å². The first-order valence-corrected chi connectivity index (χ1v) is 10.3. The molecule has 156 valence electrons. The van der Waals surface area contributed by atoms with E-state index >= 15 is 0 Å². The van der Waals surface area contributed by atoms with Crippen LogP contribution in [0.1, 0.15) is 30.0 Å². The number of aromatic amines is 1. The summed E-state index contributed by atoms with van der Waals surface area (Å²) in [6.07, 6.45) is 3.49. The molecule has 8 heteroatoms. The van der Waals surface area contributed by atoms with E-state index in [0.29, 0.717) is 17.7 Å². The van der Waals surface area contributed by atoms with Gasteiger partial charge in [-0.2, -0.15) is 10.1 Å². The second-order valence-electron chi connectivity index (χ2n) is 7.67. The molecule has 7 nitrogen and oxygen atoms in total. The van der Waals surface area contributed by atoms with Gasteiger partial charge in [-0.1, -0.05) is 35.9 Å². The summed E-state index contributed by atoms with van der Waals surface area (Å²) in [4.78, 5) is 15.4. The average Bonchev–Trinajstić information content (AvgIpc) is 3.45. The smallest absolute Gasteiger partial charge is 0.233 e. The molecule has 0 amide bonds. The molecular weight excluding hydrogens is 393 g/mol. The van der Waals surface area contributed by atoms with E-state index in [0.717, 1.165) is 36.2 Å². The fourth-order valence-corrected chi connectivity index (χ4v) is 3.98. The van der Waals surface area contributed by atoms with E-state index in [-0.39, 0.29) is 11.9 Å². The number of aromatic nitrogens is 5. The molecule has 1 saturated heterocycles. The van der Waals surface area contributed by atoms with E-state index in [9.17, 15) is 4.39 Å². The van der Waals surface area contributed by atoms with Gasteiger partial charge in [0.1, 0.15) is 12.1 Å². The highest BCUT2D eigenvalue weighted by molar-refractivity contribution is 5.65. The monoisotopic (exact) mass is 415 g/mol. The molecule has 3 heterocycles. The van der Waals surface area contributed by atoms with E-state index in [4.69, 9.17) is 0 Å². The third-order valence-corrected chi connectivity index (χ3v) is 5.47. The van der Waals surface area contributed by atoms with Crippen LogP contribution in [0, 0.1) is 12.7 Å². The van der Waals surface area contributed by atoms with Crippen LogP contribution in [0.15, 0.2) is 60.9 Å². The number of nitrogens with zero attached hydrogens (tertiary/aromatic N) is 5. The maximum atomic E-state index is 13.3. The van der Waals surface area contributed by atoms with Crippen molar-refractivity contribution in [1.29, 1.82) is 0 Å². The van der Waals surface area contributed by atoms with Crippen molar-refractivity contribution in [3.05, 3.63) is 77.9 Å². The summed E-state index contributed by atoms with van der Waals surface area (Å²) in [5.74, 6) is 1.42. The number of hydrogen-bond acceptors (Lipinski definition) is 6. The predicted octanol–water partition coefficient (Wildman–Crippen LogP) is 4.79. The van der Waals surface area contributed by atoms with Gasteiger partial charge in [-0.05, 0) is 49.1 Å². The standard InChI is InChI=1S/C23H22FN7/c1-15-4-2-5-17(12-15)19-13-21(30-29-19)27-22-25-14-26-23(28-22)31-11-3-6-20(31)16-7-9-18(24)10-8-16/h2,4-5,7-10,12-14,20H,3,6,11H2,1H3,(H2,25,26,27,28,29,30). The van der Waals surface area contributed by atoms with Gasteiger partial charge in [0, 0.05) is 12.6 Å². The Morgan fingerprint density at radius 1 is 1.10 bits per heavy atom.